The van der Waals surface area contributed by atoms with Gasteiger partial charge in [0.1, 0.15) is 0 Å². The normalized spacial score (nSPS) is 35.3. The van der Waals surface area contributed by atoms with Crippen LogP contribution in [0.4, 0.5) is 0 Å². The van der Waals surface area contributed by atoms with Crippen LogP contribution in [0.25, 0.3) is 0 Å². The molecule has 0 aliphatic carbocycles. The Bertz CT molecular complexity index is 6070. The Labute approximate surface area is 786 Å². The molecule has 10 aliphatic rings. The van der Waals surface area contributed by atoms with Crippen LogP contribution < -0.4 is 47.4 Å². The van der Waals surface area contributed by atoms with E-state index in [1.54, 1.807) is 9.80 Å². The summed E-state index contributed by atoms with van der Waals surface area (Å²) in [6.07, 6.45) is -14.8. The van der Waals surface area contributed by atoms with E-state index in [0.29, 0.717) is 89.2 Å². The maximum absolute atomic E-state index is 11.1. The number of nitrogens with zero attached hydrogens (tertiary/aromatic N) is 5. The molecule has 10 aliphatic heterocycles. The van der Waals surface area contributed by atoms with E-state index in [0.717, 1.165) is 47.2 Å². The highest BCUT2D eigenvalue weighted by Gasteiger charge is 2.46. The zero-order valence-corrected chi connectivity index (χ0v) is 70.1. The van der Waals surface area contributed by atoms with Crippen LogP contribution >= 0.6 is 0 Å². The van der Waals surface area contributed by atoms with Crippen molar-refractivity contribution >= 4 is 0 Å². The minimum atomic E-state index is -3.21. The number of hydrogen-bond acceptors (Lipinski definition) is 20. The molecule has 0 spiro atoms. The lowest BCUT2D eigenvalue weighted by Gasteiger charge is -2.47. The van der Waals surface area contributed by atoms with Crippen molar-refractivity contribution in [2.24, 2.45) is 57.2 Å². The molecule has 20 nitrogen and oxygen atoms in total. The molecular formula is C99H153N5O15. The van der Waals surface area contributed by atoms with Gasteiger partial charge in [0.2, 0.25) is 0 Å². The zero-order chi connectivity index (χ0) is 130. The van der Waals surface area contributed by atoms with E-state index in [4.69, 9.17) is 117 Å². The van der Waals surface area contributed by atoms with Crippen molar-refractivity contribution in [3.63, 3.8) is 0 Å². The van der Waals surface area contributed by atoms with E-state index in [2.05, 4.69) is 18.7 Å². The van der Waals surface area contributed by atoms with Crippen molar-refractivity contribution in [2.75, 3.05) is 136 Å². The average Bonchev–Trinajstić information content (AvgIpc) is 0.710. The lowest BCUT2D eigenvalue weighted by molar-refractivity contribution is -0.0259. The van der Waals surface area contributed by atoms with Crippen LogP contribution in [-0.4, -0.2) is 217 Å². The summed E-state index contributed by atoms with van der Waals surface area (Å²) in [6, 6.07) is -3.50. The Morgan fingerprint density at radius 1 is 0.319 bits per heavy atom. The largest absolute Gasteiger partial charge is 0.493 e. The van der Waals surface area contributed by atoms with Crippen molar-refractivity contribution in [2.45, 2.75) is 253 Å². The number of benzene rings is 5. The van der Waals surface area contributed by atoms with E-state index >= 15 is 0 Å². The molecule has 664 valence electrons. The first-order chi connectivity index (χ1) is 77.1. The second-order valence-electron chi connectivity index (χ2n) is 33.4. The van der Waals surface area contributed by atoms with Gasteiger partial charge in [0, 0.05) is 140 Å². The Morgan fingerprint density at radius 3 is 0.689 bits per heavy atom. The molecule has 5 aromatic rings. The van der Waals surface area contributed by atoms with Crippen LogP contribution in [-0.2, 0) is 32.1 Å². The molecule has 10 heterocycles. The van der Waals surface area contributed by atoms with Crippen LogP contribution in [0.3, 0.4) is 0 Å². The van der Waals surface area contributed by atoms with Gasteiger partial charge in [-0.15, -0.1) is 0 Å². The molecule has 5 aromatic carbocycles. The number of methoxy groups -OCH3 is 10. The number of aliphatic hydroxyl groups excluding tert-OH is 5. The number of piperidine rings is 5. The second kappa shape index (κ2) is 39.7. The first kappa shape index (κ1) is 46.6. The lowest BCUT2D eigenvalue weighted by Crippen LogP contribution is -2.48. The molecule has 5 N–H and O–H groups in total. The molecule has 15 rings (SSSR count). The van der Waals surface area contributed by atoms with E-state index in [1.165, 1.54) is 49.8 Å². The number of hydrogen-bond donors (Lipinski definition) is 5. The predicted octanol–water partition coefficient (Wildman–Crippen LogP) is 16.7. The molecule has 0 amide bonds. The van der Waals surface area contributed by atoms with Gasteiger partial charge in [-0.3, -0.25) is 24.5 Å². The van der Waals surface area contributed by atoms with Gasteiger partial charge in [-0.25, -0.2) is 0 Å². The monoisotopic (exact) mass is 1700 g/mol. The highest BCUT2D eigenvalue weighted by molar-refractivity contribution is 5.54. The molecule has 0 aromatic heterocycles. The van der Waals surface area contributed by atoms with Crippen molar-refractivity contribution in [1.29, 1.82) is 0 Å². The van der Waals surface area contributed by atoms with Gasteiger partial charge in [-0.1, -0.05) is 96.4 Å². The van der Waals surface area contributed by atoms with Gasteiger partial charge in [-0.05, 0) is 269 Å². The fourth-order valence-electron chi connectivity index (χ4n) is 18.4. The third-order valence-electron chi connectivity index (χ3n) is 23.7. The van der Waals surface area contributed by atoms with Crippen molar-refractivity contribution < 1.29 is 143 Å². The Hall–Kier alpha value is -6.30. The molecular weight excluding hydrogens is 1500 g/mol. The maximum atomic E-state index is 11.1. The fourth-order valence-corrected chi connectivity index (χ4v) is 18.4. The van der Waals surface area contributed by atoms with Gasteiger partial charge in [0.15, 0.2) is 57.5 Å². The minimum Gasteiger partial charge on any atom is -0.493 e. The summed E-state index contributed by atoms with van der Waals surface area (Å²) in [6.45, 7) is -15.5. The van der Waals surface area contributed by atoms with Gasteiger partial charge in [-0.2, -0.15) is 0 Å². The molecule has 0 bridgehead atoms. The van der Waals surface area contributed by atoms with E-state index in [9.17, 15) is 25.5 Å². The summed E-state index contributed by atoms with van der Waals surface area (Å²) in [7, 11) is 0.714. The molecule has 20 heteroatoms. The van der Waals surface area contributed by atoms with Crippen LogP contribution in [0.1, 0.15) is 316 Å². The Kier molecular flexibility index (Phi) is 15.5. The Morgan fingerprint density at radius 2 is 0.504 bits per heavy atom. The third kappa shape index (κ3) is 22.8. The van der Waals surface area contributed by atoms with E-state index in [-0.39, 0.29) is 207 Å². The molecule has 0 saturated carbocycles. The smallest absolute Gasteiger partial charge is 0.161 e. The van der Waals surface area contributed by atoms with E-state index < -0.39 is 213 Å². The number of fused-ring (bicyclic) bond motifs is 15. The van der Waals surface area contributed by atoms with Gasteiger partial charge < -0.3 is 72.9 Å². The zero-order valence-electron chi connectivity index (χ0n) is 121. The number of ether oxygens (including phenoxy) is 10. The molecule has 0 radical (unpaired) electrons. The fraction of sp³-hybridized carbons (Fsp3) is 0.697. The molecule has 15 unspecified atom stereocenters. The average molecular weight is 1700 g/mol. The summed E-state index contributed by atoms with van der Waals surface area (Å²) >= 11 is 0. The molecule has 5 fully saturated rings. The summed E-state index contributed by atoms with van der Waals surface area (Å²) in [5.74, 6) is -5.74. The SMILES string of the molecule is [2H]c1c2c(c([2H])c(OC([2H])([2H])[2H])c1OC)C1CC(O)C(C([2H])([2H])C(C)(C([2H])([2H])[2H])C([2H])([2H])[2H])CN1CC2.[2H]c1c2c(c([2H])c(OC([2H])([2H])[2H])c1OC)C1CC(O)C(C([2H])([2H])C(C)(C([2H])([2H])[2H])C([2H])([2H])[2H])CN1CC2.[2H]c1c2c(c([2H])c(OC([2H])([2H])[2H])c1OC)C1CC(O)C(CC(C)C)CN1CC2.[2H]c1c2c(c([2H])c(OC)c1OC)C1CC(O)C(C([2H])([2H])C(C)(C([2H])([2H])[2H])C([2H])([2H])[2H])CN1CC2.[2H]c1c2c(c([2H])c(OC)c1OC)C1CC(O)C(C([2H])([2H])C(C)(C([2H])([2H])[2H])C([2H])([2H])[2H])CN1CC2. The molecule has 5 saturated heterocycles. The number of rotatable bonds is 16. The van der Waals surface area contributed by atoms with Crippen LogP contribution in [0.2, 0.25) is 0 Å². The highest BCUT2D eigenvalue weighted by atomic mass is 16.5. The molecule has 119 heavy (non-hydrogen) atoms. The van der Waals surface area contributed by atoms with Gasteiger partial charge in [0.05, 0.1) is 127 Å². The quantitative estimate of drug-likeness (QED) is 0.0622. The maximum Gasteiger partial charge on any atom is 0.161 e. The summed E-state index contributed by atoms with van der Waals surface area (Å²) < 4.78 is 463. The standard InChI is InChI=1S/4C20H31NO3.C19H29NO3/c4*1-20(2,3)11-14-12-21-7-6-13-8-18(23-4)19(24-5)9-15(13)16(21)10-17(14)22;1-12(2)7-14-11-20-6-5-13-8-18(22-3)19(23-4)9-15(13)16(20)10-17(14)21/h4*8-9,14,16-17,22H,6-7,10-12H2,1-5H3;8-9,12,14,16-17,21H,5-7,10-11H2,1-4H3/i2*1D3,2D3,5D3,8D,9D,11D2;2*1D3,2D3,8D,9D,11D2;4D3,8D,9D. The predicted molar refractivity (Wildman–Crippen MR) is 474 cm³/mol. The van der Waals surface area contributed by atoms with Gasteiger partial charge in [0.25, 0.3) is 0 Å². The summed E-state index contributed by atoms with van der Waals surface area (Å²) in [4.78, 5) is 9.34. The second-order valence-corrected chi connectivity index (χ2v) is 33.4. The van der Waals surface area contributed by atoms with Crippen LogP contribution in [0, 0.1) is 57.2 Å². The lowest BCUT2D eigenvalue weighted by atomic mass is 9.75. The van der Waals surface area contributed by atoms with Gasteiger partial charge >= 0.3 is 0 Å². The number of aliphatic hydroxyl groups is 5. The van der Waals surface area contributed by atoms with E-state index in [1.807, 2.05) is 9.80 Å². The van der Waals surface area contributed by atoms with Crippen molar-refractivity contribution in [3.8, 4) is 57.5 Å². The van der Waals surface area contributed by atoms with Crippen molar-refractivity contribution in [1.82, 2.24) is 24.5 Å². The minimum absolute atomic E-state index is 0.0117. The Balaban J connectivity index is 0.000000199. The first-order valence-corrected chi connectivity index (χ1v) is 40.4. The molecule has 15 atom stereocenters. The topological polar surface area (TPSA) is 210 Å². The first-order valence-electron chi connectivity index (χ1n) is 65.9. The summed E-state index contributed by atoms with van der Waals surface area (Å²) in [5.41, 5.74) is -6.28. The van der Waals surface area contributed by atoms with Crippen molar-refractivity contribution in [3.05, 3.63) is 116 Å². The third-order valence-corrected chi connectivity index (χ3v) is 23.7. The highest BCUT2D eigenvalue weighted by Crippen LogP contribution is 2.52. The van der Waals surface area contributed by atoms with Crippen LogP contribution in [0.15, 0.2) is 60.4 Å². The van der Waals surface area contributed by atoms with Crippen LogP contribution in [0.5, 0.6) is 57.5 Å². The summed E-state index contributed by atoms with van der Waals surface area (Å²) in [5, 5.41) is 55.0.